The van der Waals surface area contributed by atoms with Crippen molar-refractivity contribution in [2.24, 2.45) is 0 Å². The second kappa shape index (κ2) is 9.03. The number of nitrogens with one attached hydrogen (secondary N) is 2. The number of ether oxygens (including phenoxy) is 1. The van der Waals surface area contributed by atoms with E-state index in [9.17, 15) is 4.79 Å². The molecule has 2 aromatic rings. The van der Waals surface area contributed by atoms with E-state index in [-0.39, 0.29) is 6.03 Å². The van der Waals surface area contributed by atoms with Crippen molar-refractivity contribution >= 4 is 11.7 Å². The monoisotopic (exact) mass is 340 g/mol. The van der Waals surface area contributed by atoms with Gasteiger partial charge in [-0.2, -0.15) is 0 Å². The molecule has 1 aliphatic heterocycles. The molecule has 2 heterocycles. The van der Waals surface area contributed by atoms with Crippen LogP contribution in [-0.4, -0.2) is 42.1 Å². The summed E-state index contributed by atoms with van der Waals surface area (Å²) in [5.41, 5.74) is 0.628. The first-order valence-electron chi connectivity index (χ1n) is 8.75. The van der Waals surface area contributed by atoms with Crippen LogP contribution in [0.2, 0.25) is 0 Å². The molecule has 2 N–H and O–H groups in total. The highest BCUT2D eigenvalue weighted by Gasteiger charge is 2.11. The average molecular weight is 340 g/mol. The third-order valence-corrected chi connectivity index (χ3v) is 4.13. The minimum absolute atomic E-state index is 0.219. The van der Waals surface area contributed by atoms with Crippen LogP contribution in [0.3, 0.4) is 0 Å². The summed E-state index contributed by atoms with van der Waals surface area (Å²) >= 11 is 0. The van der Waals surface area contributed by atoms with Crippen LogP contribution in [0.25, 0.3) is 0 Å². The summed E-state index contributed by atoms with van der Waals surface area (Å²) in [5.74, 6) is 1.21. The van der Waals surface area contributed by atoms with E-state index in [1.54, 1.807) is 18.5 Å². The molecule has 6 nitrogen and oxygen atoms in total. The number of nitrogens with zero attached hydrogens (tertiary/aromatic N) is 2. The fraction of sp³-hybridized carbons (Fsp3) is 0.368. The minimum Gasteiger partial charge on any atom is -0.454 e. The van der Waals surface area contributed by atoms with Crippen molar-refractivity contribution in [3.63, 3.8) is 0 Å². The first kappa shape index (κ1) is 17.2. The molecule has 0 bridgehead atoms. The molecule has 6 heteroatoms. The van der Waals surface area contributed by atoms with E-state index in [4.69, 9.17) is 4.74 Å². The fourth-order valence-corrected chi connectivity index (χ4v) is 2.87. The minimum atomic E-state index is -0.219. The van der Waals surface area contributed by atoms with Crippen LogP contribution in [-0.2, 0) is 0 Å². The number of carbonyl (C=O) groups excluding carboxylic acids is 1. The molecular formula is C19H24N4O2. The van der Waals surface area contributed by atoms with Gasteiger partial charge < -0.3 is 20.3 Å². The lowest BCUT2D eigenvalue weighted by Crippen LogP contribution is -2.32. The Kier molecular flexibility index (Phi) is 6.23. The molecule has 0 unspecified atom stereocenters. The third kappa shape index (κ3) is 5.46. The number of hydrogen-bond acceptors (Lipinski definition) is 4. The summed E-state index contributed by atoms with van der Waals surface area (Å²) in [4.78, 5) is 18.6. The molecule has 0 spiro atoms. The molecule has 132 valence electrons. The van der Waals surface area contributed by atoms with Crippen LogP contribution in [0.15, 0.2) is 48.8 Å². The Morgan fingerprint density at radius 1 is 1.16 bits per heavy atom. The molecular weight excluding hydrogens is 316 g/mol. The SMILES string of the molecule is O=C(NCCCN1CCCC1)Nc1ccccc1Oc1cccnc1. The number of urea groups is 1. The number of hydrogen-bond donors (Lipinski definition) is 2. The highest BCUT2D eigenvalue weighted by molar-refractivity contribution is 5.90. The Morgan fingerprint density at radius 3 is 2.80 bits per heavy atom. The van der Waals surface area contributed by atoms with Crippen molar-refractivity contribution < 1.29 is 9.53 Å². The molecule has 3 rings (SSSR count). The molecule has 0 aliphatic carbocycles. The summed E-state index contributed by atoms with van der Waals surface area (Å²) < 4.78 is 5.79. The van der Waals surface area contributed by atoms with Crippen molar-refractivity contribution in [3.8, 4) is 11.5 Å². The van der Waals surface area contributed by atoms with Crippen molar-refractivity contribution in [1.29, 1.82) is 0 Å². The van der Waals surface area contributed by atoms with Crippen LogP contribution in [0, 0.1) is 0 Å². The van der Waals surface area contributed by atoms with Gasteiger partial charge in [-0.1, -0.05) is 12.1 Å². The summed E-state index contributed by atoms with van der Waals surface area (Å²) in [5, 5.41) is 5.75. The maximum atomic E-state index is 12.1. The second-order valence-electron chi connectivity index (χ2n) is 6.07. The summed E-state index contributed by atoms with van der Waals surface area (Å²) in [7, 11) is 0. The van der Waals surface area contributed by atoms with E-state index in [2.05, 4.69) is 20.5 Å². The number of likely N-dealkylation sites (tertiary alicyclic amines) is 1. The molecule has 1 aromatic carbocycles. The molecule has 25 heavy (non-hydrogen) atoms. The van der Waals surface area contributed by atoms with Crippen molar-refractivity contribution in [1.82, 2.24) is 15.2 Å². The van der Waals surface area contributed by atoms with Gasteiger partial charge in [0.25, 0.3) is 0 Å². The Labute approximate surface area is 148 Å². The van der Waals surface area contributed by atoms with E-state index in [1.807, 2.05) is 30.3 Å². The van der Waals surface area contributed by atoms with Gasteiger partial charge in [0.15, 0.2) is 5.75 Å². The summed E-state index contributed by atoms with van der Waals surface area (Å²) in [6.07, 6.45) is 6.87. The zero-order valence-corrected chi connectivity index (χ0v) is 14.3. The van der Waals surface area contributed by atoms with Gasteiger partial charge in [-0.3, -0.25) is 4.98 Å². The number of para-hydroxylation sites is 2. The molecule has 1 aliphatic rings. The maximum Gasteiger partial charge on any atom is 0.319 e. The van der Waals surface area contributed by atoms with E-state index in [0.717, 1.165) is 13.0 Å². The zero-order valence-electron chi connectivity index (χ0n) is 14.3. The lowest BCUT2D eigenvalue weighted by Gasteiger charge is -2.15. The first-order valence-corrected chi connectivity index (χ1v) is 8.75. The topological polar surface area (TPSA) is 66.5 Å². The number of carbonyl (C=O) groups is 1. The first-order chi connectivity index (χ1) is 12.3. The van der Waals surface area contributed by atoms with Gasteiger partial charge in [-0.15, -0.1) is 0 Å². The quantitative estimate of drug-likeness (QED) is 0.757. The van der Waals surface area contributed by atoms with Crippen LogP contribution in [0.5, 0.6) is 11.5 Å². The van der Waals surface area contributed by atoms with Crippen LogP contribution >= 0.6 is 0 Å². The number of amides is 2. The standard InChI is InChI=1S/C19H24N4O2/c24-19(21-11-6-14-23-12-3-4-13-23)22-17-8-1-2-9-18(17)25-16-7-5-10-20-15-16/h1-2,5,7-10,15H,3-4,6,11-14H2,(H2,21,22,24). The Hall–Kier alpha value is -2.60. The zero-order chi connectivity index (χ0) is 17.3. The lowest BCUT2D eigenvalue weighted by molar-refractivity contribution is 0.251. The van der Waals surface area contributed by atoms with Gasteiger partial charge in [0, 0.05) is 12.7 Å². The molecule has 1 saturated heterocycles. The molecule has 2 amide bonds. The average Bonchev–Trinajstić information content (AvgIpc) is 3.15. The van der Waals surface area contributed by atoms with Gasteiger partial charge in [-0.05, 0) is 63.2 Å². The smallest absolute Gasteiger partial charge is 0.319 e. The highest BCUT2D eigenvalue weighted by atomic mass is 16.5. The molecule has 0 atom stereocenters. The van der Waals surface area contributed by atoms with Crippen LogP contribution in [0.1, 0.15) is 19.3 Å². The van der Waals surface area contributed by atoms with E-state index in [0.29, 0.717) is 23.7 Å². The summed E-state index contributed by atoms with van der Waals surface area (Å²) in [6.45, 7) is 4.07. The Bertz CT molecular complexity index is 672. The predicted molar refractivity (Wildman–Crippen MR) is 98.1 cm³/mol. The van der Waals surface area contributed by atoms with Gasteiger partial charge in [0.05, 0.1) is 11.9 Å². The second-order valence-corrected chi connectivity index (χ2v) is 6.07. The summed E-state index contributed by atoms with van der Waals surface area (Å²) in [6, 6.07) is 10.8. The predicted octanol–water partition coefficient (Wildman–Crippen LogP) is 3.48. The van der Waals surface area contributed by atoms with Gasteiger partial charge in [0.2, 0.25) is 0 Å². The number of pyridine rings is 1. The lowest BCUT2D eigenvalue weighted by atomic mass is 10.3. The van der Waals surface area contributed by atoms with Gasteiger partial charge in [-0.25, -0.2) is 4.79 Å². The van der Waals surface area contributed by atoms with Crippen molar-refractivity contribution in [3.05, 3.63) is 48.8 Å². The third-order valence-electron chi connectivity index (χ3n) is 4.13. The van der Waals surface area contributed by atoms with Gasteiger partial charge in [0.1, 0.15) is 5.75 Å². The molecule has 1 aromatic heterocycles. The number of benzene rings is 1. The van der Waals surface area contributed by atoms with Crippen molar-refractivity contribution in [2.75, 3.05) is 31.5 Å². The van der Waals surface area contributed by atoms with E-state index < -0.39 is 0 Å². The van der Waals surface area contributed by atoms with Crippen LogP contribution in [0.4, 0.5) is 10.5 Å². The molecule has 1 fully saturated rings. The molecule has 0 saturated carbocycles. The van der Waals surface area contributed by atoms with E-state index >= 15 is 0 Å². The maximum absolute atomic E-state index is 12.1. The van der Waals surface area contributed by atoms with E-state index in [1.165, 1.54) is 25.9 Å². The Morgan fingerprint density at radius 2 is 2.00 bits per heavy atom. The number of aromatic nitrogens is 1. The normalized spacial score (nSPS) is 14.2. The number of rotatable bonds is 7. The largest absolute Gasteiger partial charge is 0.454 e. The number of anilines is 1. The molecule has 0 radical (unpaired) electrons. The van der Waals surface area contributed by atoms with Crippen LogP contribution < -0.4 is 15.4 Å². The fourth-order valence-electron chi connectivity index (χ4n) is 2.87. The Balaban J connectivity index is 1.47. The van der Waals surface area contributed by atoms with Gasteiger partial charge >= 0.3 is 6.03 Å². The van der Waals surface area contributed by atoms with Crippen molar-refractivity contribution in [2.45, 2.75) is 19.3 Å². The highest BCUT2D eigenvalue weighted by Crippen LogP contribution is 2.28.